The topological polar surface area (TPSA) is 105 Å². The van der Waals surface area contributed by atoms with Crippen molar-refractivity contribution in [3.63, 3.8) is 0 Å². The first kappa shape index (κ1) is 25.6. The number of hydrogen-bond donors (Lipinski definition) is 3. The molecular weight excluding hydrogens is 481 g/mol. The highest BCUT2D eigenvalue weighted by atomic mass is 32.1. The van der Waals surface area contributed by atoms with Crippen LogP contribution in [0.1, 0.15) is 56.2 Å². The predicted molar refractivity (Wildman–Crippen MR) is 137 cm³/mol. The fourth-order valence-electron chi connectivity index (χ4n) is 4.14. The van der Waals surface area contributed by atoms with Crippen molar-refractivity contribution in [1.82, 2.24) is 20.6 Å². The molecule has 2 aromatic heterocycles. The molecule has 3 N–H and O–H groups in total. The van der Waals surface area contributed by atoms with E-state index in [1.807, 2.05) is 26.0 Å². The van der Waals surface area contributed by atoms with Gasteiger partial charge in [0.15, 0.2) is 0 Å². The first-order valence-electron chi connectivity index (χ1n) is 12.0. The van der Waals surface area contributed by atoms with Gasteiger partial charge in [-0.25, -0.2) is 19.0 Å². The molecule has 1 aliphatic carbocycles. The van der Waals surface area contributed by atoms with Crippen LogP contribution in [0.4, 0.5) is 19.7 Å². The van der Waals surface area contributed by atoms with E-state index in [1.165, 1.54) is 17.4 Å². The number of ether oxygens (including phenoxy) is 1. The molecule has 3 aromatic rings. The van der Waals surface area contributed by atoms with Crippen molar-refractivity contribution in [2.24, 2.45) is 0 Å². The molecule has 1 fully saturated rings. The smallest absolute Gasteiger partial charge is 0.407 e. The number of halogens is 1. The van der Waals surface area contributed by atoms with Crippen molar-refractivity contribution < 1.29 is 18.7 Å². The molecule has 10 heteroatoms. The van der Waals surface area contributed by atoms with Gasteiger partial charge < -0.3 is 20.7 Å². The summed E-state index contributed by atoms with van der Waals surface area (Å²) < 4.78 is 20.1. The molecule has 0 bridgehead atoms. The van der Waals surface area contributed by atoms with Gasteiger partial charge in [-0.2, -0.15) is 0 Å². The molecule has 0 unspecified atom stereocenters. The number of rotatable bonds is 7. The van der Waals surface area contributed by atoms with Crippen LogP contribution in [0.15, 0.2) is 48.8 Å². The Morgan fingerprint density at radius 1 is 1.14 bits per heavy atom. The van der Waals surface area contributed by atoms with Gasteiger partial charge in [-0.1, -0.05) is 6.07 Å². The number of alkyl carbamates (subject to hydrolysis) is 1. The van der Waals surface area contributed by atoms with Crippen molar-refractivity contribution in [2.75, 3.05) is 5.32 Å². The summed E-state index contributed by atoms with van der Waals surface area (Å²) in [6.45, 7) is 3.92. The Bertz CT molecular complexity index is 1180. The third kappa shape index (κ3) is 7.00. The Labute approximate surface area is 213 Å². The SMILES string of the molecule is CC(C)OC(=O)N[C@H]1CC[C@H](c2ncc(-c3ccc(NC(=O)NCc4ccccn4)cc3F)s2)CC1. The van der Waals surface area contributed by atoms with Gasteiger partial charge in [0, 0.05) is 35.6 Å². The minimum atomic E-state index is -0.435. The summed E-state index contributed by atoms with van der Waals surface area (Å²) >= 11 is 1.49. The van der Waals surface area contributed by atoms with Crippen molar-refractivity contribution >= 4 is 29.1 Å². The largest absolute Gasteiger partial charge is 0.447 e. The van der Waals surface area contributed by atoms with E-state index in [9.17, 15) is 14.0 Å². The molecule has 1 aromatic carbocycles. The number of aromatic nitrogens is 2. The highest BCUT2D eigenvalue weighted by Gasteiger charge is 2.26. The van der Waals surface area contributed by atoms with Crippen LogP contribution in [0, 0.1) is 5.82 Å². The molecule has 1 saturated carbocycles. The number of anilines is 1. The zero-order valence-corrected chi connectivity index (χ0v) is 21.1. The maximum absolute atomic E-state index is 14.9. The molecule has 4 rings (SSSR count). The van der Waals surface area contributed by atoms with E-state index in [0.717, 1.165) is 41.3 Å². The highest BCUT2D eigenvalue weighted by molar-refractivity contribution is 7.15. The lowest BCUT2D eigenvalue weighted by atomic mass is 9.86. The van der Waals surface area contributed by atoms with Gasteiger partial charge in [0.25, 0.3) is 0 Å². The van der Waals surface area contributed by atoms with Crippen LogP contribution in [0.5, 0.6) is 0 Å². The van der Waals surface area contributed by atoms with E-state index in [0.29, 0.717) is 11.3 Å². The molecule has 0 aliphatic heterocycles. The van der Waals surface area contributed by atoms with E-state index in [2.05, 4.69) is 25.9 Å². The first-order chi connectivity index (χ1) is 17.4. The monoisotopic (exact) mass is 511 g/mol. The maximum Gasteiger partial charge on any atom is 0.407 e. The number of carbonyl (C=O) groups excluding carboxylic acids is 2. The lowest BCUT2D eigenvalue weighted by Gasteiger charge is -2.28. The Hall–Kier alpha value is -3.53. The van der Waals surface area contributed by atoms with Crippen molar-refractivity contribution in [3.05, 3.63) is 65.3 Å². The van der Waals surface area contributed by atoms with Gasteiger partial charge in [-0.05, 0) is 69.9 Å². The molecule has 0 spiro atoms. The van der Waals surface area contributed by atoms with Gasteiger partial charge in [0.2, 0.25) is 0 Å². The number of nitrogens with zero attached hydrogens (tertiary/aromatic N) is 2. The third-order valence-electron chi connectivity index (χ3n) is 5.91. The molecule has 0 saturated heterocycles. The van der Waals surface area contributed by atoms with Crippen LogP contribution in [0.2, 0.25) is 0 Å². The van der Waals surface area contributed by atoms with Gasteiger partial charge in [0.1, 0.15) is 5.82 Å². The van der Waals surface area contributed by atoms with Crippen LogP contribution in [-0.2, 0) is 11.3 Å². The minimum absolute atomic E-state index is 0.102. The van der Waals surface area contributed by atoms with Gasteiger partial charge in [-0.15, -0.1) is 11.3 Å². The van der Waals surface area contributed by atoms with Crippen molar-refractivity contribution in [3.8, 4) is 10.4 Å². The molecule has 2 heterocycles. The fourth-order valence-corrected chi connectivity index (χ4v) is 5.26. The van der Waals surface area contributed by atoms with Crippen molar-refractivity contribution in [2.45, 2.75) is 64.1 Å². The number of benzene rings is 1. The number of thiazole rings is 1. The normalized spacial score (nSPS) is 17.4. The summed E-state index contributed by atoms with van der Waals surface area (Å²) in [4.78, 5) is 33.4. The summed E-state index contributed by atoms with van der Waals surface area (Å²) in [6.07, 6.45) is 6.35. The lowest BCUT2D eigenvalue weighted by Crippen LogP contribution is -2.38. The Morgan fingerprint density at radius 2 is 1.94 bits per heavy atom. The second kappa shape index (κ2) is 11.9. The number of carbonyl (C=O) groups is 2. The van der Waals surface area contributed by atoms with Crippen LogP contribution < -0.4 is 16.0 Å². The molecule has 0 radical (unpaired) electrons. The van der Waals surface area contributed by atoms with Crippen LogP contribution >= 0.6 is 11.3 Å². The number of nitrogens with one attached hydrogen (secondary N) is 3. The molecule has 8 nitrogen and oxygen atoms in total. The first-order valence-corrected chi connectivity index (χ1v) is 12.9. The van der Waals surface area contributed by atoms with Crippen LogP contribution in [0.3, 0.4) is 0 Å². The minimum Gasteiger partial charge on any atom is -0.447 e. The quantitative estimate of drug-likeness (QED) is 0.370. The van der Waals surface area contributed by atoms with Gasteiger partial charge in [0.05, 0.1) is 28.2 Å². The van der Waals surface area contributed by atoms with Crippen molar-refractivity contribution in [1.29, 1.82) is 0 Å². The maximum atomic E-state index is 14.9. The standard InChI is InChI=1S/C26H30FN5O3S/c1-16(2)35-26(34)32-18-8-6-17(7-9-18)24-29-15-23(36-24)21-11-10-19(13-22(21)27)31-25(33)30-14-20-5-3-4-12-28-20/h3-5,10-13,15-18H,6-9,14H2,1-2H3,(H,32,34)(H2,30,31,33)/t17-,18-. The molecule has 1 aliphatic rings. The number of urea groups is 1. The molecule has 190 valence electrons. The third-order valence-corrected chi connectivity index (χ3v) is 7.11. The van der Waals surface area contributed by atoms with E-state index in [-0.39, 0.29) is 30.7 Å². The van der Waals surface area contributed by atoms with Crippen LogP contribution in [0.25, 0.3) is 10.4 Å². The van der Waals surface area contributed by atoms with E-state index in [4.69, 9.17) is 4.74 Å². The zero-order valence-electron chi connectivity index (χ0n) is 20.3. The predicted octanol–water partition coefficient (Wildman–Crippen LogP) is 5.83. The summed E-state index contributed by atoms with van der Waals surface area (Å²) in [6, 6.07) is 9.76. The second-order valence-electron chi connectivity index (χ2n) is 9.03. The summed E-state index contributed by atoms with van der Waals surface area (Å²) in [7, 11) is 0. The number of amides is 3. The highest BCUT2D eigenvalue weighted by Crippen LogP contribution is 2.38. The number of pyridine rings is 1. The molecular formula is C26H30FN5O3S. The fraction of sp³-hybridized carbons (Fsp3) is 0.385. The van der Waals surface area contributed by atoms with E-state index >= 15 is 0 Å². The van der Waals surface area contributed by atoms with Gasteiger partial charge >= 0.3 is 12.1 Å². The molecule has 0 atom stereocenters. The van der Waals surface area contributed by atoms with Crippen LogP contribution in [-0.4, -0.2) is 34.2 Å². The Kier molecular flexibility index (Phi) is 8.48. The number of hydrogen-bond acceptors (Lipinski definition) is 6. The van der Waals surface area contributed by atoms with E-state index < -0.39 is 11.8 Å². The second-order valence-corrected chi connectivity index (χ2v) is 10.1. The summed E-state index contributed by atoms with van der Waals surface area (Å²) in [5.41, 5.74) is 1.54. The summed E-state index contributed by atoms with van der Waals surface area (Å²) in [5, 5.41) is 9.25. The molecule has 3 amide bonds. The van der Waals surface area contributed by atoms with Gasteiger partial charge in [-0.3, -0.25) is 4.98 Å². The Morgan fingerprint density at radius 3 is 2.64 bits per heavy atom. The lowest BCUT2D eigenvalue weighted by molar-refractivity contribution is 0.109. The van der Waals surface area contributed by atoms with E-state index in [1.54, 1.807) is 30.6 Å². The Balaban J connectivity index is 1.30. The average molecular weight is 512 g/mol. The molecule has 36 heavy (non-hydrogen) atoms. The average Bonchev–Trinajstić information content (AvgIpc) is 3.33. The zero-order chi connectivity index (χ0) is 25.5. The summed E-state index contributed by atoms with van der Waals surface area (Å²) in [5.74, 6) is -0.140.